The average Bonchev–Trinajstić information content (AvgIpc) is 2.89. The van der Waals surface area contributed by atoms with E-state index >= 15 is 0 Å². The summed E-state index contributed by atoms with van der Waals surface area (Å²) in [4.78, 5) is 0. The number of rotatable bonds is 1. The van der Waals surface area contributed by atoms with Gasteiger partial charge in [0.25, 0.3) is 0 Å². The molecule has 4 nitrogen and oxygen atoms in total. The van der Waals surface area contributed by atoms with Crippen LogP contribution in [0.25, 0.3) is 5.69 Å². The molecule has 0 spiro atoms. The molecule has 5 heteroatoms. The molecule has 1 aliphatic rings. The molecule has 0 amide bonds. The molecule has 1 N–H and O–H groups in total. The lowest BCUT2D eigenvalue weighted by molar-refractivity contribution is 0.708. The van der Waals surface area contributed by atoms with Gasteiger partial charge < -0.3 is 5.32 Å². The van der Waals surface area contributed by atoms with Gasteiger partial charge in [-0.3, -0.25) is 0 Å². The van der Waals surface area contributed by atoms with Crippen LogP contribution in [-0.2, 0) is 13.1 Å². The smallest absolute Gasteiger partial charge is 0.167 e. The highest BCUT2D eigenvalue weighted by Gasteiger charge is 2.22. The molecule has 0 aliphatic carbocycles. The zero-order valence-electron chi connectivity index (χ0n) is 8.94. The van der Waals surface area contributed by atoms with Gasteiger partial charge >= 0.3 is 0 Å². The van der Waals surface area contributed by atoms with Crippen molar-refractivity contribution in [2.24, 2.45) is 0 Å². The maximum atomic E-state index is 9.05. The van der Waals surface area contributed by atoms with Gasteiger partial charge in [-0.15, -0.1) is 0 Å². The predicted molar refractivity (Wildman–Crippen MR) is 66.5 cm³/mol. The highest BCUT2D eigenvalue weighted by Crippen LogP contribution is 2.24. The Morgan fingerprint density at radius 1 is 1.41 bits per heavy atom. The molecule has 17 heavy (non-hydrogen) atoms. The van der Waals surface area contributed by atoms with Gasteiger partial charge in [0.15, 0.2) is 5.69 Å². The summed E-state index contributed by atoms with van der Waals surface area (Å²) in [6.07, 6.45) is 0. The standard InChI is InChI=1S/C12H9BrN4/c13-8-2-1-3-9(4-8)17-12-7-15-6-10(12)11(5-14)16-17/h1-4,15H,6-7H2. The number of hydrogen-bond acceptors (Lipinski definition) is 3. The number of hydrogen-bond donors (Lipinski definition) is 1. The Labute approximate surface area is 107 Å². The van der Waals surface area contributed by atoms with Gasteiger partial charge in [-0.05, 0) is 18.2 Å². The zero-order chi connectivity index (χ0) is 11.8. The minimum atomic E-state index is 0.518. The highest BCUT2D eigenvalue weighted by molar-refractivity contribution is 9.10. The van der Waals surface area contributed by atoms with Crippen molar-refractivity contribution in [2.45, 2.75) is 13.1 Å². The molecule has 0 saturated carbocycles. The van der Waals surface area contributed by atoms with Crippen molar-refractivity contribution in [3.63, 3.8) is 0 Å². The summed E-state index contributed by atoms with van der Waals surface area (Å²) in [7, 11) is 0. The maximum absolute atomic E-state index is 9.05. The minimum Gasteiger partial charge on any atom is -0.307 e. The van der Waals surface area contributed by atoms with E-state index in [1.807, 2.05) is 28.9 Å². The second-order valence-electron chi connectivity index (χ2n) is 3.88. The van der Waals surface area contributed by atoms with Crippen molar-refractivity contribution >= 4 is 15.9 Å². The molecule has 2 heterocycles. The van der Waals surface area contributed by atoms with Gasteiger partial charge in [-0.2, -0.15) is 10.4 Å². The number of nitrogens with zero attached hydrogens (tertiary/aromatic N) is 3. The van der Waals surface area contributed by atoms with Crippen LogP contribution in [0, 0.1) is 11.3 Å². The van der Waals surface area contributed by atoms with Gasteiger partial charge in [0.05, 0.1) is 11.4 Å². The number of benzene rings is 1. The fraction of sp³-hybridized carbons (Fsp3) is 0.167. The van der Waals surface area contributed by atoms with E-state index in [2.05, 4.69) is 32.4 Å². The molecule has 0 bridgehead atoms. The van der Waals surface area contributed by atoms with E-state index in [4.69, 9.17) is 5.26 Å². The summed E-state index contributed by atoms with van der Waals surface area (Å²) < 4.78 is 2.85. The molecule has 3 rings (SSSR count). The third-order valence-electron chi connectivity index (χ3n) is 2.84. The van der Waals surface area contributed by atoms with Crippen molar-refractivity contribution in [1.29, 1.82) is 5.26 Å². The van der Waals surface area contributed by atoms with Crippen LogP contribution in [-0.4, -0.2) is 9.78 Å². The normalized spacial score (nSPS) is 13.4. The van der Waals surface area contributed by atoms with Crippen LogP contribution in [0.15, 0.2) is 28.7 Å². The molecule has 1 aliphatic heterocycles. The lowest BCUT2D eigenvalue weighted by atomic mass is 10.2. The minimum absolute atomic E-state index is 0.518. The van der Waals surface area contributed by atoms with E-state index in [-0.39, 0.29) is 0 Å². The molecule has 84 valence electrons. The summed E-state index contributed by atoms with van der Waals surface area (Å²) in [6, 6.07) is 10.1. The van der Waals surface area contributed by atoms with Crippen LogP contribution in [0.5, 0.6) is 0 Å². The van der Waals surface area contributed by atoms with Gasteiger partial charge in [0.1, 0.15) is 6.07 Å². The third-order valence-corrected chi connectivity index (χ3v) is 3.34. The number of nitrogens with one attached hydrogen (secondary N) is 1. The first-order valence-corrected chi connectivity index (χ1v) is 6.06. The summed E-state index contributed by atoms with van der Waals surface area (Å²) in [5.41, 5.74) is 3.60. The van der Waals surface area contributed by atoms with Crippen molar-refractivity contribution in [1.82, 2.24) is 15.1 Å². The molecule has 0 radical (unpaired) electrons. The van der Waals surface area contributed by atoms with Crippen molar-refractivity contribution < 1.29 is 0 Å². The van der Waals surface area contributed by atoms with E-state index in [0.29, 0.717) is 5.69 Å². The van der Waals surface area contributed by atoms with E-state index in [1.165, 1.54) is 0 Å². The van der Waals surface area contributed by atoms with E-state index < -0.39 is 0 Å². The Morgan fingerprint density at radius 2 is 2.29 bits per heavy atom. The molecular weight excluding hydrogens is 280 g/mol. The maximum Gasteiger partial charge on any atom is 0.167 e. The second-order valence-corrected chi connectivity index (χ2v) is 4.80. The largest absolute Gasteiger partial charge is 0.307 e. The summed E-state index contributed by atoms with van der Waals surface area (Å²) >= 11 is 3.44. The molecule has 2 aromatic rings. The van der Waals surface area contributed by atoms with Gasteiger partial charge in [-0.25, -0.2) is 4.68 Å². The van der Waals surface area contributed by atoms with E-state index in [9.17, 15) is 0 Å². The average molecular weight is 289 g/mol. The first-order chi connectivity index (χ1) is 8.29. The summed E-state index contributed by atoms with van der Waals surface area (Å²) in [5, 5.41) is 16.7. The Kier molecular flexibility index (Phi) is 2.46. The fourth-order valence-electron chi connectivity index (χ4n) is 2.07. The molecule has 0 atom stereocenters. The first kappa shape index (κ1) is 10.5. The van der Waals surface area contributed by atoms with Crippen LogP contribution in [0.3, 0.4) is 0 Å². The van der Waals surface area contributed by atoms with Crippen LogP contribution < -0.4 is 5.32 Å². The highest BCUT2D eigenvalue weighted by atomic mass is 79.9. The number of aromatic nitrogens is 2. The number of fused-ring (bicyclic) bond motifs is 1. The third kappa shape index (κ3) is 1.66. The van der Waals surface area contributed by atoms with E-state index in [0.717, 1.165) is 34.5 Å². The van der Waals surface area contributed by atoms with Crippen molar-refractivity contribution in [2.75, 3.05) is 0 Å². The molecule has 1 aromatic heterocycles. The van der Waals surface area contributed by atoms with E-state index in [1.54, 1.807) is 0 Å². The number of nitriles is 1. The van der Waals surface area contributed by atoms with Gasteiger partial charge in [0.2, 0.25) is 0 Å². The Balaban J connectivity index is 2.19. The Hall–Kier alpha value is -1.64. The molecule has 0 fully saturated rings. The topological polar surface area (TPSA) is 53.6 Å². The molecule has 0 unspecified atom stereocenters. The van der Waals surface area contributed by atoms with Gasteiger partial charge in [0, 0.05) is 23.1 Å². The lowest BCUT2D eigenvalue weighted by Crippen LogP contribution is -2.08. The molecule has 0 saturated heterocycles. The van der Waals surface area contributed by atoms with Crippen LogP contribution in [0.4, 0.5) is 0 Å². The van der Waals surface area contributed by atoms with Gasteiger partial charge in [-0.1, -0.05) is 22.0 Å². The van der Waals surface area contributed by atoms with Crippen LogP contribution >= 0.6 is 15.9 Å². The lowest BCUT2D eigenvalue weighted by Gasteiger charge is -2.05. The monoisotopic (exact) mass is 288 g/mol. The summed E-state index contributed by atoms with van der Waals surface area (Å²) in [6.45, 7) is 1.49. The predicted octanol–water partition coefficient (Wildman–Crippen LogP) is 2.11. The SMILES string of the molecule is N#Cc1nn(-c2cccc(Br)c2)c2c1CNC2. The fourth-order valence-corrected chi connectivity index (χ4v) is 2.46. The van der Waals surface area contributed by atoms with Crippen LogP contribution in [0.2, 0.25) is 0 Å². The Morgan fingerprint density at radius 3 is 3.06 bits per heavy atom. The quantitative estimate of drug-likeness (QED) is 0.874. The molecule has 1 aromatic carbocycles. The van der Waals surface area contributed by atoms with Crippen molar-refractivity contribution in [3.8, 4) is 11.8 Å². The van der Waals surface area contributed by atoms with Crippen molar-refractivity contribution in [3.05, 3.63) is 45.7 Å². The number of halogens is 1. The Bertz CT molecular complexity index is 624. The second kappa shape index (κ2) is 3.99. The molecular formula is C12H9BrN4. The zero-order valence-corrected chi connectivity index (χ0v) is 10.5. The van der Waals surface area contributed by atoms with Crippen LogP contribution in [0.1, 0.15) is 17.0 Å². The first-order valence-electron chi connectivity index (χ1n) is 5.27. The summed E-state index contributed by atoms with van der Waals surface area (Å²) in [5.74, 6) is 0.